The molecule has 0 fully saturated rings. The van der Waals surface area contributed by atoms with Gasteiger partial charge in [0.2, 0.25) is 0 Å². The summed E-state index contributed by atoms with van der Waals surface area (Å²) in [6.45, 7) is 3.37. The van der Waals surface area contributed by atoms with E-state index in [4.69, 9.17) is 9.47 Å². The SMILES string of the molecule is COc1ccc(CCNC(=O)C(C)(C)O)cc1OC. The molecule has 0 saturated heterocycles. The van der Waals surface area contributed by atoms with E-state index in [0.29, 0.717) is 24.5 Å². The number of rotatable bonds is 6. The molecule has 0 spiro atoms. The highest BCUT2D eigenvalue weighted by molar-refractivity contribution is 5.83. The molecule has 1 amide bonds. The Labute approximate surface area is 113 Å². The maximum atomic E-state index is 11.5. The Balaban J connectivity index is 2.57. The minimum Gasteiger partial charge on any atom is -0.493 e. The first-order valence-corrected chi connectivity index (χ1v) is 6.10. The van der Waals surface area contributed by atoms with Crippen molar-refractivity contribution in [2.24, 2.45) is 0 Å². The predicted octanol–water partition coefficient (Wildman–Crippen LogP) is 1.13. The smallest absolute Gasteiger partial charge is 0.251 e. The van der Waals surface area contributed by atoms with Crippen LogP contribution in [-0.2, 0) is 11.2 Å². The van der Waals surface area contributed by atoms with Gasteiger partial charge in [-0.15, -0.1) is 0 Å². The summed E-state index contributed by atoms with van der Waals surface area (Å²) < 4.78 is 10.4. The third-order valence-corrected chi connectivity index (χ3v) is 2.70. The second-order valence-electron chi connectivity index (χ2n) is 4.75. The topological polar surface area (TPSA) is 67.8 Å². The Morgan fingerprint density at radius 2 is 1.89 bits per heavy atom. The highest BCUT2D eigenvalue weighted by atomic mass is 16.5. The van der Waals surface area contributed by atoms with Gasteiger partial charge in [-0.3, -0.25) is 4.79 Å². The minimum atomic E-state index is -1.35. The summed E-state index contributed by atoms with van der Waals surface area (Å²) in [4.78, 5) is 11.5. The van der Waals surface area contributed by atoms with Gasteiger partial charge >= 0.3 is 0 Å². The maximum Gasteiger partial charge on any atom is 0.251 e. The predicted molar refractivity (Wildman–Crippen MR) is 72.6 cm³/mol. The Hall–Kier alpha value is -1.75. The van der Waals surface area contributed by atoms with Crippen LogP contribution in [-0.4, -0.2) is 37.4 Å². The third-order valence-electron chi connectivity index (χ3n) is 2.70. The van der Waals surface area contributed by atoms with Crippen LogP contribution in [0.4, 0.5) is 0 Å². The van der Waals surface area contributed by atoms with Crippen molar-refractivity contribution in [1.29, 1.82) is 0 Å². The number of nitrogens with one attached hydrogen (secondary N) is 1. The number of carbonyl (C=O) groups is 1. The van der Waals surface area contributed by atoms with Crippen LogP contribution in [0.25, 0.3) is 0 Å². The number of carbonyl (C=O) groups excluding carboxylic acids is 1. The van der Waals surface area contributed by atoms with E-state index in [1.54, 1.807) is 14.2 Å². The Bertz CT molecular complexity index is 438. The fraction of sp³-hybridized carbons (Fsp3) is 0.500. The normalized spacial score (nSPS) is 11.0. The van der Waals surface area contributed by atoms with Crippen molar-refractivity contribution in [3.8, 4) is 11.5 Å². The van der Waals surface area contributed by atoms with E-state index in [1.807, 2.05) is 18.2 Å². The molecule has 2 N–H and O–H groups in total. The van der Waals surface area contributed by atoms with E-state index in [2.05, 4.69) is 5.32 Å². The molecular weight excluding hydrogens is 246 g/mol. The maximum absolute atomic E-state index is 11.5. The molecule has 0 aliphatic carbocycles. The highest BCUT2D eigenvalue weighted by Crippen LogP contribution is 2.27. The van der Waals surface area contributed by atoms with Crippen molar-refractivity contribution in [3.05, 3.63) is 23.8 Å². The highest BCUT2D eigenvalue weighted by Gasteiger charge is 2.22. The molecule has 0 radical (unpaired) electrons. The van der Waals surface area contributed by atoms with E-state index >= 15 is 0 Å². The number of hydrogen-bond donors (Lipinski definition) is 2. The van der Waals surface area contributed by atoms with Gasteiger partial charge < -0.3 is 19.9 Å². The lowest BCUT2D eigenvalue weighted by atomic mass is 10.1. The summed E-state index contributed by atoms with van der Waals surface area (Å²) >= 11 is 0. The number of benzene rings is 1. The summed E-state index contributed by atoms with van der Waals surface area (Å²) in [5, 5.41) is 12.2. The summed E-state index contributed by atoms with van der Waals surface area (Å²) in [5.41, 5.74) is -0.328. The molecule has 5 heteroatoms. The molecule has 0 heterocycles. The first-order chi connectivity index (χ1) is 8.88. The number of hydrogen-bond acceptors (Lipinski definition) is 4. The Kier molecular flexibility index (Phi) is 5.18. The van der Waals surface area contributed by atoms with Gasteiger partial charge in [0.15, 0.2) is 11.5 Å². The second-order valence-corrected chi connectivity index (χ2v) is 4.75. The van der Waals surface area contributed by atoms with Crippen LogP contribution >= 0.6 is 0 Å². The number of amides is 1. The monoisotopic (exact) mass is 267 g/mol. The number of ether oxygens (including phenoxy) is 2. The zero-order chi connectivity index (χ0) is 14.5. The number of methoxy groups -OCH3 is 2. The van der Waals surface area contributed by atoms with Crippen molar-refractivity contribution >= 4 is 5.91 Å². The quantitative estimate of drug-likeness (QED) is 0.811. The average molecular weight is 267 g/mol. The first kappa shape index (κ1) is 15.3. The van der Waals surface area contributed by atoms with Crippen LogP contribution in [0.2, 0.25) is 0 Å². The van der Waals surface area contributed by atoms with Crippen molar-refractivity contribution in [2.75, 3.05) is 20.8 Å². The summed E-state index contributed by atoms with van der Waals surface area (Å²) in [6, 6.07) is 5.61. The number of aliphatic hydroxyl groups is 1. The minimum absolute atomic E-state index is 0.382. The lowest BCUT2D eigenvalue weighted by Gasteiger charge is -2.16. The molecule has 106 valence electrons. The van der Waals surface area contributed by atoms with Gasteiger partial charge in [-0.05, 0) is 38.0 Å². The molecule has 0 atom stereocenters. The molecule has 0 aliphatic heterocycles. The summed E-state index contributed by atoms with van der Waals surface area (Å²) in [5.74, 6) is 0.952. The van der Waals surface area contributed by atoms with Crippen LogP contribution in [0.1, 0.15) is 19.4 Å². The molecule has 1 aromatic carbocycles. The molecule has 0 unspecified atom stereocenters. The molecule has 1 aromatic rings. The van der Waals surface area contributed by atoms with Crippen molar-refractivity contribution in [2.45, 2.75) is 25.9 Å². The van der Waals surface area contributed by atoms with E-state index in [1.165, 1.54) is 13.8 Å². The van der Waals surface area contributed by atoms with E-state index in [0.717, 1.165) is 5.56 Å². The molecule has 0 aliphatic rings. The summed E-state index contributed by atoms with van der Waals surface area (Å²) in [7, 11) is 3.17. The van der Waals surface area contributed by atoms with E-state index < -0.39 is 5.60 Å². The summed E-state index contributed by atoms with van der Waals surface area (Å²) in [6.07, 6.45) is 0.655. The molecule has 5 nitrogen and oxygen atoms in total. The van der Waals surface area contributed by atoms with Gasteiger partial charge in [0.1, 0.15) is 5.60 Å². The molecule has 1 rings (SSSR count). The van der Waals surface area contributed by atoms with Crippen LogP contribution in [0.15, 0.2) is 18.2 Å². The molecule has 19 heavy (non-hydrogen) atoms. The Morgan fingerprint density at radius 3 is 2.42 bits per heavy atom. The van der Waals surface area contributed by atoms with Crippen molar-refractivity contribution in [3.63, 3.8) is 0 Å². The molecule has 0 bridgehead atoms. The van der Waals surface area contributed by atoms with Crippen molar-refractivity contribution < 1.29 is 19.4 Å². The van der Waals surface area contributed by atoms with Gasteiger partial charge in [0, 0.05) is 6.54 Å². The zero-order valence-corrected chi connectivity index (χ0v) is 11.8. The lowest BCUT2D eigenvalue weighted by molar-refractivity contribution is -0.136. The fourth-order valence-corrected chi connectivity index (χ4v) is 1.57. The molecule has 0 saturated carbocycles. The van der Waals surface area contributed by atoms with Crippen LogP contribution in [0, 0.1) is 0 Å². The van der Waals surface area contributed by atoms with Gasteiger partial charge in [-0.1, -0.05) is 6.07 Å². The van der Waals surface area contributed by atoms with Crippen LogP contribution < -0.4 is 14.8 Å². The van der Waals surface area contributed by atoms with Crippen LogP contribution in [0.5, 0.6) is 11.5 Å². The molecular formula is C14H21NO4. The second kappa shape index (κ2) is 6.43. The first-order valence-electron chi connectivity index (χ1n) is 6.10. The van der Waals surface area contributed by atoms with Gasteiger partial charge in [0.25, 0.3) is 5.91 Å². The van der Waals surface area contributed by atoms with Gasteiger partial charge in [-0.2, -0.15) is 0 Å². The standard InChI is InChI=1S/C14H21NO4/c1-14(2,17)13(16)15-8-7-10-5-6-11(18-3)12(9-10)19-4/h5-6,9,17H,7-8H2,1-4H3,(H,15,16). The van der Waals surface area contributed by atoms with Gasteiger partial charge in [0.05, 0.1) is 14.2 Å². The Morgan fingerprint density at radius 1 is 1.26 bits per heavy atom. The zero-order valence-electron chi connectivity index (χ0n) is 11.8. The molecule has 0 aromatic heterocycles. The lowest BCUT2D eigenvalue weighted by Crippen LogP contribution is -2.42. The van der Waals surface area contributed by atoms with Crippen molar-refractivity contribution in [1.82, 2.24) is 5.32 Å². The van der Waals surface area contributed by atoms with E-state index in [-0.39, 0.29) is 5.91 Å². The van der Waals surface area contributed by atoms with Gasteiger partial charge in [-0.25, -0.2) is 0 Å². The van der Waals surface area contributed by atoms with E-state index in [9.17, 15) is 9.90 Å². The average Bonchev–Trinajstić information content (AvgIpc) is 2.37. The third kappa shape index (κ3) is 4.44. The van der Waals surface area contributed by atoms with Crippen LogP contribution in [0.3, 0.4) is 0 Å². The largest absolute Gasteiger partial charge is 0.493 e. The fourth-order valence-electron chi connectivity index (χ4n) is 1.57.